The number of ether oxygens (including phenoxy) is 4. The molecule has 0 N–H and O–H groups in total. The highest BCUT2D eigenvalue weighted by atomic mass is 16.7. The van der Waals surface area contributed by atoms with E-state index in [1.807, 2.05) is 67.6 Å². The number of rotatable bonds is 8. The highest BCUT2D eigenvalue weighted by Gasteiger charge is 2.13. The van der Waals surface area contributed by atoms with Crippen LogP contribution in [0.2, 0.25) is 0 Å². The fraction of sp³-hybridized carbons (Fsp3) is 0.364. The van der Waals surface area contributed by atoms with Crippen LogP contribution in [0.4, 0.5) is 0 Å². The van der Waals surface area contributed by atoms with Crippen LogP contribution in [0.1, 0.15) is 31.7 Å². The molecule has 4 nitrogen and oxygen atoms in total. The van der Waals surface area contributed by atoms with Crippen molar-refractivity contribution in [3.05, 3.63) is 60.2 Å². The molecule has 1 heterocycles. The summed E-state index contributed by atoms with van der Waals surface area (Å²) in [4.78, 5) is 0. The van der Waals surface area contributed by atoms with Crippen LogP contribution in [0.25, 0.3) is 6.08 Å². The Morgan fingerprint density at radius 3 is 2.69 bits per heavy atom. The molecule has 0 aromatic heterocycles. The third-order valence-corrected chi connectivity index (χ3v) is 4.09. The van der Waals surface area contributed by atoms with Crippen LogP contribution in [0.3, 0.4) is 0 Å². The second-order valence-electron chi connectivity index (χ2n) is 6.13. The van der Waals surface area contributed by atoms with Gasteiger partial charge in [-0.1, -0.05) is 30.4 Å². The summed E-state index contributed by atoms with van der Waals surface area (Å²) in [6, 6.07) is 15.6. The molecule has 4 heteroatoms. The molecule has 1 aliphatic rings. The molecule has 1 unspecified atom stereocenters. The lowest BCUT2D eigenvalue weighted by atomic mass is 10.1. The average molecular weight is 354 g/mol. The van der Waals surface area contributed by atoms with E-state index in [0.29, 0.717) is 13.2 Å². The zero-order valence-corrected chi connectivity index (χ0v) is 15.2. The van der Waals surface area contributed by atoms with Crippen molar-refractivity contribution in [1.29, 1.82) is 0 Å². The zero-order chi connectivity index (χ0) is 18.0. The van der Waals surface area contributed by atoms with Crippen LogP contribution in [0, 0.1) is 0 Å². The van der Waals surface area contributed by atoms with Gasteiger partial charge in [-0.25, -0.2) is 0 Å². The molecule has 138 valence electrons. The number of benzene rings is 2. The van der Waals surface area contributed by atoms with Gasteiger partial charge in [-0.3, -0.25) is 0 Å². The lowest BCUT2D eigenvalue weighted by Gasteiger charge is -2.22. The lowest BCUT2D eigenvalue weighted by molar-refractivity contribution is -0.165. The van der Waals surface area contributed by atoms with E-state index in [-0.39, 0.29) is 6.29 Å². The van der Waals surface area contributed by atoms with Crippen molar-refractivity contribution in [2.24, 2.45) is 0 Å². The molecule has 1 aliphatic heterocycles. The van der Waals surface area contributed by atoms with Gasteiger partial charge in [0.25, 0.3) is 0 Å². The summed E-state index contributed by atoms with van der Waals surface area (Å²) in [5.74, 6) is 2.41. The van der Waals surface area contributed by atoms with Crippen molar-refractivity contribution in [3.8, 4) is 17.2 Å². The minimum Gasteiger partial charge on any atom is -0.491 e. The SMILES string of the molecule is C/C=C/c1cc(Oc2ccccc2)ccc1OCCOC1CCCCO1. The first-order valence-corrected chi connectivity index (χ1v) is 9.21. The van der Waals surface area contributed by atoms with Crippen molar-refractivity contribution in [2.75, 3.05) is 19.8 Å². The standard InChI is InChI=1S/C22H26O4/c1-2-8-18-17-20(26-19-9-4-3-5-10-19)12-13-21(18)23-15-16-25-22-11-6-7-14-24-22/h2-5,8-10,12-13,17,22H,6-7,11,14-16H2,1H3/b8-2+. The van der Waals surface area contributed by atoms with Crippen LogP contribution in [-0.4, -0.2) is 26.1 Å². The summed E-state index contributed by atoms with van der Waals surface area (Å²) in [6.07, 6.45) is 7.18. The fourth-order valence-corrected chi connectivity index (χ4v) is 2.83. The lowest BCUT2D eigenvalue weighted by Crippen LogP contribution is -2.24. The molecule has 2 aromatic carbocycles. The van der Waals surface area contributed by atoms with Crippen molar-refractivity contribution >= 4 is 6.08 Å². The van der Waals surface area contributed by atoms with Crippen molar-refractivity contribution < 1.29 is 18.9 Å². The number of hydrogen-bond acceptors (Lipinski definition) is 4. The molecule has 1 saturated heterocycles. The Hall–Kier alpha value is -2.30. The molecule has 0 spiro atoms. The third-order valence-electron chi connectivity index (χ3n) is 4.09. The molecule has 1 fully saturated rings. The molecule has 0 amide bonds. The van der Waals surface area contributed by atoms with Gasteiger partial charge >= 0.3 is 0 Å². The minimum atomic E-state index is -0.0796. The van der Waals surface area contributed by atoms with Gasteiger partial charge in [0.05, 0.1) is 6.61 Å². The molecule has 0 aliphatic carbocycles. The fourth-order valence-electron chi connectivity index (χ4n) is 2.83. The number of hydrogen-bond donors (Lipinski definition) is 0. The van der Waals surface area contributed by atoms with Gasteiger partial charge in [0, 0.05) is 12.2 Å². The van der Waals surface area contributed by atoms with Gasteiger partial charge in [-0.05, 0) is 56.5 Å². The van der Waals surface area contributed by atoms with Crippen molar-refractivity contribution in [1.82, 2.24) is 0 Å². The van der Waals surface area contributed by atoms with Crippen LogP contribution in [0.15, 0.2) is 54.6 Å². The summed E-state index contributed by atoms with van der Waals surface area (Å²) in [5, 5.41) is 0. The predicted molar refractivity (Wildman–Crippen MR) is 103 cm³/mol. The Bertz CT molecular complexity index is 691. The largest absolute Gasteiger partial charge is 0.491 e. The van der Waals surface area contributed by atoms with E-state index in [2.05, 4.69) is 0 Å². The first-order chi connectivity index (χ1) is 12.8. The van der Waals surface area contributed by atoms with Gasteiger partial charge < -0.3 is 18.9 Å². The number of allylic oxidation sites excluding steroid dienone is 1. The number of para-hydroxylation sites is 1. The molecule has 1 atom stereocenters. The summed E-state index contributed by atoms with van der Waals surface area (Å²) in [7, 11) is 0. The monoisotopic (exact) mass is 354 g/mol. The Morgan fingerprint density at radius 2 is 1.92 bits per heavy atom. The zero-order valence-electron chi connectivity index (χ0n) is 15.2. The summed E-state index contributed by atoms with van der Waals surface area (Å²) in [6.45, 7) is 3.78. The van der Waals surface area contributed by atoms with Crippen LogP contribution < -0.4 is 9.47 Å². The van der Waals surface area contributed by atoms with Gasteiger partial charge in [0.2, 0.25) is 0 Å². The van der Waals surface area contributed by atoms with Gasteiger partial charge in [-0.2, -0.15) is 0 Å². The molecular weight excluding hydrogens is 328 g/mol. The molecule has 2 aromatic rings. The second-order valence-corrected chi connectivity index (χ2v) is 6.13. The average Bonchev–Trinajstić information content (AvgIpc) is 2.68. The van der Waals surface area contributed by atoms with Crippen molar-refractivity contribution in [3.63, 3.8) is 0 Å². The van der Waals surface area contributed by atoms with E-state index in [0.717, 1.165) is 42.3 Å². The predicted octanol–water partition coefficient (Wildman–Crippen LogP) is 5.43. The summed E-state index contributed by atoms with van der Waals surface area (Å²) >= 11 is 0. The van der Waals surface area contributed by atoms with E-state index >= 15 is 0 Å². The Labute approximate surface area is 155 Å². The molecule has 26 heavy (non-hydrogen) atoms. The maximum Gasteiger partial charge on any atom is 0.157 e. The minimum absolute atomic E-state index is 0.0796. The normalized spacial score (nSPS) is 17.3. The van der Waals surface area contributed by atoms with Gasteiger partial charge in [0.1, 0.15) is 23.9 Å². The Morgan fingerprint density at radius 1 is 1.04 bits per heavy atom. The quantitative estimate of drug-likeness (QED) is 0.592. The highest BCUT2D eigenvalue weighted by Crippen LogP contribution is 2.29. The third kappa shape index (κ3) is 5.61. The van der Waals surface area contributed by atoms with Crippen molar-refractivity contribution in [2.45, 2.75) is 32.5 Å². The Kier molecular flexibility index (Phi) is 7.11. The smallest absolute Gasteiger partial charge is 0.157 e. The van der Waals surface area contributed by atoms with E-state index in [4.69, 9.17) is 18.9 Å². The Balaban J connectivity index is 1.56. The van der Waals surface area contributed by atoms with E-state index in [1.54, 1.807) is 0 Å². The highest BCUT2D eigenvalue weighted by molar-refractivity contribution is 5.59. The molecular formula is C22H26O4. The van der Waals surface area contributed by atoms with E-state index in [9.17, 15) is 0 Å². The summed E-state index contributed by atoms with van der Waals surface area (Å²) < 4.78 is 23.1. The molecule has 0 radical (unpaired) electrons. The first kappa shape index (κ1) is 18.5. The maximum absolute atomic E-state index is 5.90. The van der Waals surface area contributed by atoms with Crippen LogP contribution in [-0.2, 0) is 9.47 Å². The first-order valence-electron chi connectivity index (χ1n) is 9.21. The molecule has 3 rings (SSSR count). The molecule has 0 bridgehead atoms. The topological polar surface area (TPSA) is 36.9 Å². The van der Waals surface area contributed by atoms with Gasteiger partial charge in [0.15, 0.2) is 6.29 Å². The molecule has 0 saturated carbocycles. The van der Waals surface area contributed by atoms with Crippen LogP contribution in [0.5, 0.6) is 17.2 Å². The second kappa shape index (κ2) is 10.00. The maximum atomic E-state index is 5.90. The van der Waals surface area contributed by atoms with E-state index < -0.39 is 0 Å². The van der Waals surface area contributed by atoms with Crippen LogP contribution >= 0.6 is 0 Å². The van der Waals surface area contributed by atoms with Gasteiger partial charge in [-0.15, -0.1) is 0 Å². The van der Waals surface area contributed by atoms with E-state index in [1.165, 1.54) is 6.42 Å². The summed E-state index contributed by atoms with van der Waals surface area (Å²) in [5.41, 5.74) is 0.981.